The number of hydrogen-bond acceptors (Lipinski definition) is 3. The van der Waals surface area contributed by atoms with Crippen LogP contribution in [0.25, 0.3) is 89.2 Å². The Bertz CT molecular complexity index is 3070. The lowest BCUT2D eigenvalue weighted by Gasteiger charge is -2.14. The molecule has 3 heterocycles. The number of para-hydroxylation sites is 2. The van der Waals surface area contributed by atoms with Crippen molar-refractivity contribution in [3.63, 3.8) is 0 Å². The Hall–Kier alpha value is -6.85. The predicted molar refractivity (Wildman–Crippen MR) is 205 cm³/mol. The maximum atomic E-state index is 8.73. The Balaban J connectivity index is 1.34. The molecule has 234 valence electrons. The average molecular weight is 645 g/mol. The molecule has 5 heteroatoms. The third-order valence-electron chi connectivity index (χ3n) is 9.25. The average Bonchev–Trinajstić information content (AvgIpc) is 3.76. The van der Waals surface area contributed by atoms with E-state index in [4.69, 9.17) is 21.8 Å². The van der Waals surface area contributed by atoms with Gasteiger partial charge in [0.25, 0.3) is 0 Å². The summed E-state index contributed by atoms with van der Waals surface area (Å²) in [5, 5.41) is 4.10. The van der Waals surface area contributed by atoms with E-state index in [0.717, 1.165) is 60.4 Å². The highest BCUT2D eigenvalue weighted by Crippen LogP contribution is 2.42. The molecule has 10 aromatic rings. The van der Waals surface area contributed by atoms with Crippen LogP contribution in [0.4, 0.5) is 0 Å². The molecule has 50 heavy (non-hydrogen) atoms. The second-order valence-corrected chi connectivity index (χ2v) is 12.1. The molecule has 0 atom stereocenters. The van der Waals surface area contributed by atoms with E-state index in [2.05, 4.69) is 45.5 Å². The first-order valence-corrected chi connectivity index (χ1v) is 16.4. The highest BCUT2D eigenvalue weighted by molar-refractivity contribution is 6.23. The lowest BCUT2D eigenvalue weighted by atomic mass is 10.1. The molecule has 0 saturated carbocycles. The van der Waals surface area contributed by atoms with E-state index in [1.54, 1.807) is 6.07 Å². The van der Waals surface area contributed by atoms with E-state index in [1.807, 2.05) is 103 Å². The minimum absolute atomic E-state index is 0.153. The third-order valence-corrected chi connectivity index (χ3v) is 9.25. The number of hydrogen-bond donors (Lipinski definition) is 0. The molecule has 0 radical (unpaired) electrons. The standard InChI is InChI=1S/C45H29N5/c1-4-15-30(16-5-1)33-21-14-22-34(29-33)49-39-25-12-10-23-35(39)37-27-28-38-36-24-11-13-26-40(36)50(42(38)41(37)49)45-47-43(31-17-6-2-7-18-31)46-44(48-45)32-19-8-3-9-20-32/h1-29H/i1D,4D,5D,15D,16D. The number of aromatic nitrogens is 5. The molecule has 0 aliphatic carbocycles. The fourth-order valence-electron chi connectivity index (χ4n) is 7.07. The molecular formula is C45H29N5. The molecule has 7 aromatic carbocycles. The van der Waals surface area contributed by atoms with Gasteiger partial charge in [-0.1, -0.05) is 152 Å². The molecule has 0 N–H and O–H groups in total. The lowest BCUT2D eigenvalue weighted by Crippen LogP contribution is -2.07. The summed E-state index contributed by atoms with van der Waals surface area (Å²) in [5.41, 5.74) is 6.87. The SMILES string of the molecule is [2H]c1c([2H])c([2H])c(-c2cccc(-n3c4ccccc4c4ccc5c6ccccc6n(-c6nc(-c7ccccc7)nc(-c7ccccc7)n6)c5c43)c2)c([2H])c1[2H]. The maximum Gasteiger partial charge on any atom is 0.238 e. The lowest BCUT2D eigenvalue weighted by molar-refractivity contribution is 0.953. The molecular weight excluding hydrogens is 611 g/mol. The number of benzene rings is 7. The molecule has 5 nitrogen and oxygen atoms in total. The summed E-state index contributed by atoms with van der Waals surface area (Å²) >= 11 is 0. The second-order valence-electron chi connectivity index (χ2n) is 12.1. The third kappa shape index (κ3) is 4.45. The van der Waals surface area contributed by atoms with Gasteiger partial charge in [0.2, 0.25) is 5.95 Å². The first-order chi connectivity index (χ1) is 26.9. The summed E-state index contributed by atoms with van der Waals surface area (Å²) in [4.78, 5) is 15.3. The van der Waals surface area contributed by atoms with Gasteiger partial charge in [0.05, 0.1) is 28.9 Å². The van der Waals surface area contributed by atoms with Gasteiger partial charge in [0, 0.05) is 38.4 Å². The van der Waals surface area contributed by atoms with Gasteiger partial charge in [-0.15, -0.1) is 0 Å². The number of fused-ring (bicyclic) bond motifs is 7. The van der Waals surface area contributed by atoms with Crippen molar-refractivity contribution >= 4 is 43.6 Å². The normalized spacial score (nSPS) is 13.0. The molecule has 0 aliphatic rings. The zero-order valence-electron chi connectivity index (χ0n) is 31.6. The van der Waals surface area contributed by atoms with Gasteiger partial charge in [-0.25, -0.2) is 4.98 Å². The van der Waals surface area contributed by atoms with Gasteiger partial charge >= 0.3 is 0 Å². The fourth-order valence-corrected chi connectivity index (χ4v) is 7.07. The first kappa shape index (κ1) is 23.5. The van der Waals surface area contributed by atoms with E-state index in [0.29, 0.717) is 23.2 Å². The second kappa shape index (κ2) is 11.4. The van der Waals surface area contributed by atoms with Crippen LogP contribution in [-0.2, 0) is 0 Å². The van der Waals surface area contributed by atoms with Crippen LogP contribution in [0.3, 0.4) is 0 Å². The van der Waals surface area contributed by atoms with Crippen molar-refractivity contribution < 1.29 is 6.85 Å². The molecule has 10 rings (SSSR count). The van der Waals surface area contributed by atoms with Crippen molar-refractivity contribution in [1.29, 1.82) is 0 Å². The highest BCUT2D eigenvalue weighted by Gasteiger charge is 2.23. The van der Waals surface area contributed by atoms with E-state index >= 15 is 0 Å². The van der Waals surface area contributed by atoms with E-state index in [1.165, 1.54) is 0 Å². The summed E-state index contributed by atoms with van der Waals surface area (Å²) in [5.74, 6) is 1.57. The number of nitrogens with zero attached hydrogens (tertiary/aromatic N) is 5. The molecule has 0 bridgehead atoms. The molecule has 3 aromatic heterocycles. The van der Waals surface area contributed by atoms with E-state index in [9.17, 15) is 0 Å². The Labute approximate surface area is 295 Å². The van der Waals surface area contributed by atoms with Gasteiger partial charge in [-0.2, -0.15) is 9.97 Å². The van der Waals surface area contributed by atoms with Crippen LogP contribution < -0.4 is 0 Å². The summed E-state index contributed by atoms with van der Waals surface area (Å²) < 4.78 is 46.6. The Morgan fingerprint density at radius 1 is 0.400 bits per heavy atom. The van der Waals surface area contributed by atoms with Crippen LogP contribution >= 0.6 is 0 Å². The van der Waals surface area contributed by atoms with Crippen LogP contribution in [-0.4, -0.2) is 24.1 Å². The van der Waals surface area contributed by atoms with Crippen molar-refractivity contribution in [3.05, 3.63) is 176 Å². The predicted octanol–water partition coefficient (Wildman–Crippen LogP) is 11.1. The zero-order chi connectivity index (χ0) is 37.4. The Kier molecular flexibility index (Phi) is 5.35. The summed E-state index contributed by atoms with van der Waals surface area (Å²) in [6.07, 6.45) is 0. The van der Waals surface area contributed by atoms with Crippen LogP contribution in [0.1, 0.15) is 6.85 Å². The quantitative estimate of drug-likeness (QED) is 0.187. The first-order valence-electron chi connectivity index (χ1n) is 18.9. The summed E-state index contributed by atoms with van der Waals surface area (Å²) in [6, 6.07) is 46.5. The zero-order valence-corrected chi connectivity index (χ0v) is 26.6. The van der Waals surface area contributed by atoms with Gasteiger partial charge in [0.1, 0.15) is 0 Å². The largest absolute Gasteiger partial charge is 0.307 e. The van der Waals surface area contributed by atoms with Crippen LogP contribution in [0.5, 0.6) is 0 Å². The van der Waals surface area contributed by atoms with Crippen molar-refractivity contribution in [1.82, 2.24) is 24.1 Å². The minimum Gasteiger partial charge on any atom is -0.307 e. The Morgan fingerprint density at radius 2 is 0.920 bits per heavy atom. The number of rotatable bonds is 5. The monoisotopic (exact) mass is 644 g/mol. The van der Waals surface area contributed by atoms with Crippen LogP contribution in [0, 0.1) is 0 Å². The van der Waals surface area contributed by atoms with Crippen molar-refractivity contribution in [2.75, 3.05) is 0 Å². The van der Waals surface area contributed by atoms with Crippen LogP contribution in [0.2, 0.25) is 0 Å². The molecule has 0 saturated heterocycles. The minimum atomic E-state index is -0.420. The summed E-state index contributed by atoms with van der Waals surface area (Å²) in [6.45, 7) is 0. The molecule has 0 spiro atoms. The van der Waals surface area contributed by atoms with Crippen molar-refractivity contribution in [3.8, 4) is 45.5 Å². The fraction of sp³-hybridized carbons (Fsp3) is 0. The van der Waals surface area contributed by atoms with Crippen molar-refractivity contribution in [2.24, 2.45) is 0 Å². The van der Waals surface area contributed by atoms with Gasteiger partial charge in [-0.05, 0) is 35.4 Å². The van der Waals surface area contributed by atoms with Gasteiger partial charge in [-0.3, -0.25) is 4.57 Å². The smallest absolute Gasteiger partial charge is 0.238 e. The van der Waals surface area contributed by atoms with Crippen LogP contribution in [0.15, 0.2) is 176 Å². The Morgan fingerprint density at radius 3 is 1.54 bits per heavy atom. The highest BCUT2D eigenvalue weighted by atomic mass is 15.2. The molecule has 0 amide bonds. The topological polar surface area (TPSA) is 48.5 Å². The van der Waals surface area contributed by atoms with Crippen molar-refractivity contribution in [2.45, 2.75) is 0 Å². The van der Waals surface area contributed by atoms with Gasteiger partial charge < -0.3 is 4.57 Å². The molecule has 0 fully saturated rings. The van der Waals surface area contributed by atoms with E-state index < -0.39 is 6.04 Å². The van der Waals surface area contributed by atoms with E-state index in [-0.39, 0.29) is 29.7 Å². The molecule has 0 aliphatic heterocycles. The molecule has 0 unspecified atom stereocenters. The van der Waals surface area contributed by atoms with Gasteiger partial charge in [0.15, 0.2) is 11.6 Å². The summed E-state index contributed by atoms with van der Waals surface area (Å²) in [7, 11) is 0. The maximum absolute atomic E-state index is 8.73.